The number of hydrogen-bond acceptors (Lipinski definition) is 6. The molecule has 0 aliphatic carbocycles. The summed E-state index contributed by atoms with van der Waals surface area (Å²) in [7, 11) is 1.45. The third-order valence-corrected chi connectivity index (χ3v) is 6.28. The van der Waals surface area contributed by atoms with Gasteiger partial charge in [-0.15, -0.1) is 22.7 Å². The van der Waals surface area contributed by atoms with Gasteiger partial charge >= 0.3 is 11.8 Å². The molecule has 9 heteroatoms. The number of carbonyl (C=O) groups is 2. The third-order valence-electron chi connectivity index (χ3n) is 3.79. The monoisotopic (exact) mass is 436 g/mol. The van der Waals surface area contributed by atoms with Crippen LogP contribution in [-0.4, -0.2) is 30.6 Å². The number of methoxy groups -OCH3 is 1. The molecule has 0 aliphatic heterocycles. The van der Waals surface area contributed by atoms with Crippen LogP contribution in [0.15, 0.2) is 47.8 Å². The molecule has 0 aliphatic rings. The molecule has 0 fully saturated rings. The van der Waals surface area contributed by atoms with Crippen molar-refractivity contribution in [2.45, 2.75) is 6.10 Å². The summed E-state index contributed by atoms with van der Waals surface area (Å²) in [6.07, 6.45) is -0.906. The molecular weight excluding hydrogens is 420 g/mol. The van der Waals surface area contributed by atoms with Crippen molar-refractivity contribution in [1.29, 1.82) is 0 Å². The molecule has 0 unspecified atom stereocenters. The van der Waals surface area contributed by atoms with E-state index in [0.717, 1.165) is 9.75 Å². The Labute approximate surface area is 174 Å². The maximum atomic E-state index is 12.1. The number of amides is 2. The van der Waals surface area contributed by atoms with Crippen molar-refractivity contribution in [1.82, 2.24) is 5.32 Å². The van der Waals surface area contributed by atoms with Gasteiger partial charge in [0.2, 0.25) is 0 Å². The minimum atomic E-state index is -0.906. The number of carbonyl (C=O) groups excluding carboxylic acids is 2. The lowest BCUT2D eigenvalue weighted by Gasteiger charge is -2.12. The Hall–Kier alpha value is -2.39. The van der Waals surface area contributed by atoms with Crippen LogP contribution in [0.25, 0.3) is 9.75 Å². The number of benzene rings is 1. The number of halogens is 1. The van der Waals surface area contributed by atoms with Crippen molar-refractivity contribution < 1.29 is 19.4 Å². The van der Waals surface area contributed by atoms with E-state index in [4.69, 9.17) is 16.3 Å². The Balaban J connectivity index is 1.56. The highest BCUT2D eigenvalue weighted by molar-refractivity contribution is 7.21. The zero-order valence-electron chi connectivity index (χ0n) is 14.8. The quantitative estimate of drug-likeness (QED) is 0.511. The van der Waals surface area contributed by atoms with Crippen molar-refractivity contribution in [2.24, 2.45) is 0 Å². The molecule has 3 rings (SSSR count). The third kappa shape index (κ3) is 4.90. The number of rotatable bonds is 6. The number of aliphatic hydroxyl groups excluding tert-OH is 1. The molecule has 2 heterocycles. The Morgan fingerprint density at radius 3 is 2.71 bits per heavy atom. The highest BCUT2D eigenvalue weighted by atomic mass is 35.5. The lowest BCUT2D eigenvalue weighted by Crippen LogP contribution is -2.37. The molecule has 0 radical (unpaired) electrons. The summed E-state index contributed by atoms with van der Waals surface area (Å²) in [5, 5.41) is 17.6. The summed E-state index contributed by atoms with van der Waals surface area (Å²) in [4.78, 5) is 27.0. The van der Waals surface area contributed by atoms with E-state index in [1.807, 2.05) is 29.6 Å². The van der Waals surface area contributed by atoms with Crippen molar-refractivity contribution in [3.63, 3.8) is 0 Å². The van der Waals surface area contributed by atoms with E-state index < -0.39 is 17.9 Å². The molecule has 146 valence electrons. The predicted octanol–water partition coefficient (Wildman–Crippen LogP) is 3.93. The van der Waals surface area contributed by atoms with Crippen LogP contribution in [0.4, 0.5) is 5.69 Å². The van der Waals surface area contributed by atoms with Crippen molar-refractivity contribution in [3.8, 4) is 15.5 Å². The number of thiophene rings is 2. The van der Waals surface area contributed by atoms with Gasteiger partial charge in [0, 0.05) is 26.2 Å². The topological polar surface area (TPSA) is 87.7 Å². The first-order valence-corrected chi connectivity index (χ1v) is 10.3. The molecule has 28 heavy (non-hydrogen) atoms. The molecule has 0 saturated carbocycles. The average molecular weight is 437 g/mol. The van der Waals surface area contributed by atoms with Gasteiger partial charge in [-0.25, -0.2) is 0 Å². The number of anilines is 1. The van der Waals surface area contributed by atoms with E-state index in [9.17, 15) is 14.7 Å². The van der Waals surface area contributed by atoms with Gasteiger partial charge in [0.15, 0.2) is 0 Å². The summed E-state index contributed by atoms with van der Waals surface area (Å²) in [5.74, 6) is -1.36. The minimum absolute atomic E-state index is 0.0800. The fourth-order valence-electron chi connectivity index (χ4n) is 2.41. The second-order valence-corrected chi connectivity index (χ2v) is 8.20. The Kier molecular flexibility index (Phi) is 6.69. The number of hydrogen-bond donors (Lipinski definition) is 3. The lowest BCUT2D eigenvalue weighted by atomic mass is 10.2. The second-order valence-electron chi connectivity index (χ2n) is 5.70. The SMILES string of the molecule is COc1ccc(Cl)cc1NC(=O)C(=O)NC[C@@H](O)c1ccc(-c2cccs2)s1. The first-order chi connectivity index (χ1) is 13.5. The molecule has 0 bridgehead atoms. The summed E-state index contributed by atoms with van der Waals surface area (Å²) in [5.41, 5.74) is 0.287. The van der Waals surface area contributed by atoms with Crippen LogP contribution in [0.2, 0.25) is 5.02 Å². The van der Waals surface area contributed by atoms with Crippen LogP contribution in [-0.2, 0) is 9.59 Å². The molecule has 1 aromatic carbocycles. The Morgan fingerprint density at radius 1 is 1.18 bits per heavy atom. The number of nitrogens with one attached hydrogen (secondary N) is 2. The summed E-state index contributed by atoms with van der Waals surface area (Å²) in [6.45, 7) is -0.0800. The fraction of sp³-hybridized carbons (Fsp3) is 0.158. The largest absolute Gasteiger partial charge is 0.495 e. The van der Waals surface area contributed by atoms with Gasteiger partial charge in [-0.2, -0.15) is 0 Å². The van der Waals surface area contributed by atoms with Crippen LogP contribution in [0.3, 0.4) is 0 Å². The number of aliphatic hydroxyl groups is 1. The molecule has 0 spiro atoms. The van der Waals surface area contributed by atoms with E-state index >= 15 is 0 Å². The molecular formula is C19H17ClN2O4S2. The van der Waals surface area contributed by atoms with E-state index in [-0.39, 0.29) is 12.2 Å². The molecule has 1 atom stereocenters. The minimum Gasteiger partial charge on any atom is -0.495 e. The van der Waals surface area contributed by atoms with Crippen LogP contribution in [0.5, 0.6) is 5.75 Å². The smallest absolute Gasteiger partial charge is 0.313 e. The van der Waals surface area contributed by atoms with Crippen LogP contribution < -0.4 is 15.4 Å². The van der Waals surface area contributed by atoms with Gasteiger partial charge in [-0.05, 0) is 41.8 Å². The van der Waals surface area contributed by atoms with Gasteiger partial charge < -0.3 is 20.5 Å². The molecule has 2 aromatic heterocycles. The van der Waals surface area contributed by atoms with Gasteiger partial charge in [-0.1, -0.05) is 17.7 Å². The van der Waals surface area contributed by atoms with Crippen LogP contribution in [0.1, 0.15) is 11.0 Å². The molecule has 0 saturated heterocycles. The molecule has 2 amide bonds. The summed E-state index contributed by atoms with van der Waals surface area (Å²) >= 11 is 8.97. The fourth-order valence-corrected chi connectivity index (χ4v) is 4.41. The van der Waals surface area contributed by atoms with E-state index in [1.165, 1.54) is 24.5 Å². The van der Waals surface area contributed by atoms with Gasteiger partial charge in [0.1, 0.15) is 11.9 Å². The van der Waals surface area contributed by atoms with Crippen LogP contribution in [0, 0.1) is 0 Å². The standard InChI is InChI=1S/C19H17ClN2O4S2/c1-26-14-5-4-11(20)9-12(14)22-19(25)18(24)21-10-13(23)15-6-7-17(28-15)16-3-2-8-27-16/h2-9,13,23H,10H2,1H3,(H,21,24)(H,22,25)/t13-/m1/s1. The van der Waals surface area contributed by atoms with Crippen molar-refractivity contribution in [2.75, 3.05) is 19.0 Å². The average Bonchev–Trinajstić information content (AvgIpc) is 3.37. The van der Waals surface area contributed by atoms with E-state index in [2.05, 4.69) is 10.6 Å². The maximum Gasteiger partial charge on any atom is 0.313 e. The summed E-state index contributed by atoms with van der Waals surface area (Å²) < 4.78 is 5.13. The highest BCUT2D eigenvalue weighted by Gasteiger charge is 2.19. The van der Waals surface area contributed by atoms with Gasteiger partial charge in [0.05, 0.1) is 12.8 Å². The van der Waals surface area contributed by atoms with Crippen molar-refractivity contribution >= 4 is 51.8 Å². The Morgan fingerprint density at radius 2 is 2.00 bits per heavy atom. The normalized spacial score (nSPS) is 11.7. The molecule has 3 aromatic rings. The number of ether oxygens (including phenoxy) is 1. The Bertz CT molecular complexity index is 972. The zero-order chi connectivity index (χ0) is 20.1. The second kappa shape index (κ2) is 9.20. The summed E-state index contributed by atoms with van der Waals surface area (Å²) in [6, 6.07) is 12.4. The predicted molar refractivity (Wildman–Crippen MR) is 112 cm³/mol. The zero-order valence-corrected chi connectivity index (χ0v) is 17.2. The van der Waals surface area contributed by atoms with Crippen molar-refractivity contribution in [3.05, 3.63) is 57.7 Å². The first-order valence-electron chi connectivity index (χ1n) is 8.22. The van der Waals surface area contributed by atoms with Gasteiger partial charge in [0.25, 0.3) is 0 Å². The molecule has 3 N–H and O–H groups in total. The van der Waals surface area contributed by atoms with E-state index in [0.29, 0.717) is 15.6 Å². The maximum absolute atomic E-state index is 12.1. The van der Waals surface area contributed by atoms with E-state index in [1.54, 1.807) is 23.5 Å². The first kappa shape index (κ1) is 20.3. The van der Waals surface area contributed by atoms with Gasteiger partial charge in [-0.3, -0.25) is 9.59 Å². The molecule has 6 nitrogen and oxygen atoms in total. The highest BCUT2D eigenvalue weighted by Crippen LogP contribution is 2.34. The lowest BCUT2D eigenvalue weighted by molar-refractivity contribution is -0.136. The van der Waals surface area contributed by atoms with Crippen LogP contribution >= 0.6 is 34.3 Å².